The molecule has 0 atom stereocenters. The lowest BCUT2D eigenvalue weighted by Crippen LogP contribution is -2.34. The van der Waals surface area contributed by atoms with Crippen molar-refractivity contribution in [3.8, 4) is 5.69 Å². The number of benzene rings is 2. The van der Waals surface area contributed by atoms with Gasteiger partial charge in [-0.25, -0.2) is 9.48 Å². The number of aryl methyl sites for hydroxylation is 1. The van der Waals surface area contributed by atoms with Crippen molar-refractivity contribution in [2.45, 2.75) is 13.5 Å². The number of anilines is 1. The maximum absolute atomic E-state index is 12.7. The number of carbonyl (C=O) groups is 1. The third-order valence-corrected chi connectivity index (χ3v) is 3.91. The lowest BCUT2D eigenvalue weighted by atomic mass is 10.2. The number of tetrazole rings is 1. The highest BCUT2D eigenvalue weighted by molar-refractivity contribution is 5.89. The fourth-order valence-corrected chi connectivity index (χ4v) is 2.59. The van der Waals surface area contributed by atoms with E-state index in [1.165, 1.54) is 6.33 Å². The first-order valence-corrected chi connectivity index (χ1v) is 8.22. The standard InChI is InChI=1S/C19H20N6O/c1-3-11-24(13-16-7-5-4-6-8-16)19(26)21-17-10-9-15(2)18(12-17)25-14-20-22-23-25/h3-10,12,14H,1,11,13H2,2H3,(H,21,26). The molecular weight excluding hydrogens is 328 g/mol. The highest BCUT2D eigenvalue weighted by atomic mass is 16.2. The monoisotopic (exact) mass is 348 g/mol. The van der Waals surface area contributed by atoms with E-state index in [1.54, 1.807) is 15.7 Å². The van der Waals surface area contributed by atoms with Crippen molar-refractivity contribution in [2.24, 2.45) is 0 Å². The molecule has 3 aromatic rings. The molecule has 0 aliphatic carbocycles. The molecule has 0 saturated heterocycles. The molecule has 0 aliphatic rings. The Morgan fingerprint density at radius 3 is 2.77 bits per heavy atom. The van der Waals surface area contributed by atoms with Gasteiger partial charge < -0.3 is 10.2 Å². The van der Waals surface area contributed by atoms with Gasteiger partial charge in [0.2, 0.25) is 0 Å². The Morgan fingerprint density at radius 2 is 2.08 bits per heavy atom. The predicted octanol–water partition coefficient (Wildman–Crippen LogP) is 3.19. The van der Waals surface area contributed by atoms with Crippen molar-refractivity contribution in [3.63, 3.8) is 0 Å². The summed E-state index contributed by atoms with van der Waals surface area (Å²) in [5, 5.41) is 14.2. The summed E-state index contributed by atoms with van der Waals surface area (Å²) in [4.78, 5) is 14.4. The Kier molecular flexibility index (Phi) is 5.38. The summed E-state index contributed by atoms with van der Waals surface area (Å²) in [5.41, 5.74) is 3.55. The number of nitrogens with one attached hydrogen (secondary N) is 1. The molecule has 1 heterocycles. The van der Waals surface area contributed by atoms with Gasteiger partial charge in [0.05, 0.1) is 5.69 Å². The van der Waals surface area contributed by atoms with E-state index in [1.807, 2.05) is 55.5 Å². The summed E-state index contributed by atoms with van der Waals surface area (Å²) >= 11 is 0. The van der Waals surface area contributed by atoms with E-state index in [2.05, 4.69) is 27.4 Å². The molecule has 0 aliphatic heterocycles. The molecule has 1 N–H and O–H groups in total. The van der Waals surface area contributed by atoms with Gasteiger partial charge in [0.25, 0.3) is 0 Å². The Balaban J connectivity index is 1.77. The molecule has 2 aromatic carbocycles. The Labute approximate surface area is 152 Å². The number of hydrogen-bond acceptors (Lipinski definition) is 4. The molecule has 0 saturated carbocycles. The third-order valence-electron chi connectivity index (χ3n) is 3.91. The smallest absolute Gasteiger partial charge is 0.316 e. The van der Waals surface area contributed by atoms with Gasteiger partial charge in [-0.2, -0.15) is 0 Å². The van der Waals surface area contributed by atoms with Crippen LogP contribution in [0, 0.1) is 6.92 Å². The molecule has 0 fully saturated rings. The van der Waals surface area contributed by atoms with Crippen molar-refractivity contribution in [1.82, 2.24) is 25.1 Å². The molecule has 132 valence electrons. The van der Waals surface area contributed by atoms with Crippen molar-refractivity contribution in [3.05, 3.63) is 78.6 Å². The van der Waals surface area contributed by atoms with Crippen LogP contribution in [0.25, 0.3) is 5.69 Å². The average molecular weight is 348 g/mol. The van der Waals surface area contributed by atoms with Crippen LogP contribution in [0.1, 0.15) is 11.1 Å². The Hall–Kier alpha value is -3.48. The quantitative estimate of drug-likeness (QED) is 0.694. The van der Waals surface area contributed by atoms with E-state index in [0.717, 1.165) is 16.8 Å². The minimum atomic E-state index is -0.194. The lowest BCUT2D eigenvalue weighted by Gasteiger charge is -2.22. The number of urea groups is 1. The minimum absolute atomic E-state index is 0.194. The largest absolute Gasteiger partial charge is 0.322 e. The number of aromatic nitrogens is 4. The van der Waals surface area contributed by atoms with Crippen LogP contribution >= 0.6 is 0 Å². The molecule has 0 radical (unpaired) electrons. The molecule has 7 heteroatoms. The van der Waals surface area contributed by atoms with Crippen molar-refractivity contribution in [1.29, 1.82) is 0 Å². The van der Waals surface area contributed by atoms with E-state index in [4.69, 9.17) is 0 Å². The SMILES string of the molecule is C=CCN(Cc1ccccc1)C(=O)Nc1ccc(C)c(-n2cnnn2)c1. The van der Waals surface area contributed by atoms with Crippen LogP contribution in [0.3, 0.4) is 0 Å². The van der Waals surface area contributed by atoms with Crippen LogP contribution in [0.5, 0.6) is 0 Å². The number of nitrogens with zero attached hydrogens (tertiary/aromatic N) is 5. The number of amides is 2. The van der Waals surface area contributed by atoms with Crippen LogP contribution in [0.15, 0.2) is 67.5 Å². The lowest BCUT2D eigenvalue weighted by molar-refractivity contribution is 0.215. The predicted molar refractivity (Wildman–Crippen MR) is 100.0 cm³/mol. The zero-order valence-corrected chi connectivity index (χ0v) is 14.5. The van der Waals surface area contributed by atoms with Crippen LogP contribution in [0.2, 0.25) is 0 Å². The van der Waals surface area contributed by atoms with Crippen molar-refractivity contribution < 1.29 is 4.79 Å². The highest BCUT2D eigenvalue weighted by Crippen LogP contribution is 2.19. The maximum Gasteiger partial charge on any atom is 0.322 e. The summed E-state index contributed by atoms with van der Waals surface area (Å²) < 4.78 is 1.57. The summed E-state index contributed by atoms with van der Waals surface area (Å²) in [6, 6.07) is 15.3. The second-order valence-corrected chi connectivity index (χ2v) is 5.84. The fraction of sp³-hybridized carbons (Fsp3) is 0.158. The minimum Gasteiger partial charge on any atom is -0.316 e. The molecular formula is C19H20N6O. The van der Waals surface area contributed by atoms with E-state index in [9.17, 15) is 4.79 Å². The number of rotatable bonds is 6. The zero-order chi connectivity index (χ0) is 18.4. The number of hydrogen-bond donors (Lipinski definition) is 1. The van der Waals surface area contributed by atoms with Gasteiger partial charge in [0.15, 0.2) is 0 Å². The van der Waals surface area contributed by atoms with Crippen LogP contribution in [-0.4, -0.2) is 37.7 Å². The fourth-order valence-electron chi connectivity index (χ4n) is 2.59. The topological polar surface area (TPSA) is 75.9 Å². The van der Waals surface area contributed by atoms with E-state index >= 15 is 0 Å². The molecule has 0 unspecified atom stereocenters. The Morgan fingerprint density at radius 1 is 1.27 bits per heavy atom. The van der Waals surface area contributed by atoms with Gasteiger partial charge in [-0.15, -0.1) is 11.7 Å². The highest BCUT2D eigenvalue weighted by Gasteiger charge is 2.14. The molecule has 0 bridgehead atoms. The Bertz CT molecular complexity index is 876. The van der Waals surface area contributed by atoms with Crippen molar-refractivity contribution >= 4 is 11.7 Å². The van der Waals surface area contributed by atoms with Gasteiger partial charge in [0, 0.05) is 18.8 Å². The summed E-state index contributed by atoms with van der Waals surface area (Å²) in [6.45, 7) is 6.66. The first-order chi connectivity index (χ1) is 12.7. The van der Waals surface area contributed by atoms with Crippen LogP contribution in [-0.2, 0) is 6.54 Å². The van der Waals surface area contributed by atoms with Crippen molar-refractivity contribution in [2.75, 3.05) is 11.9 Å². The molecule has 1 aromatic heterocycles. The van der Waals surface area contributed by atoms with Gasteiger partial charge in [0.1, 0.15) is 6.33 Å². The zero-order valence-electron chi connectivity index (χ0n) is 14.5. The van der Waals surface area contributed by atoms with Gasteiger partial charge in [-0.1, -0.05) is 42.5 Å². The van der Waals surface area contributed by atoms with E-state index in [-0.39, 0.29) is 6.03 Å². The van der Waals surface area contributed by atoms with Crippen LogP contribution < -0.4 is 5.32 Å². The molecule has 7 nitrogen and oxygen atoms in total. The van der Waals surface area contributed by atoms with Gasteiger partial charge in [-0.3, -0.25) is 0 Å². The third kappa shape index (κ3) is 4.13. The molecule has 0 spiro atoms. The van der Waals surface area contributed by atoms with Gasteiger partial charge >= 0.3 is 6.03 Å². The molecule has 3 rings (SSSR count). The van der Waals surface area contributed by atoms with E-state index in [0.29, 0.717) is 18.8 Å². The average Bonchev–Trinajstić information content (AvgIpc) is 3.18. The van der Waals surface area contributed by atoms with Gasteiger partial charge in [-0.05, 0) is 40.6 Å². The summed E-state index contributed by atoms with van der Waals surface area (Å²) in [6.07, 6.45) is 3.23. The first kappa shape index (κ1) is 17.3. The summed E-state index contributed by atoms with van der Waals surface area (Å²) in [7, 11) is 0. The second-order valence-electron chi connectivity index (χ2n) is 5.84. The molecule has 2 amide bonds. The normalized spacial score (nSPS) is 10.3. The first-order valence-electron chi connectivity index (χ1n) is 8.22. The summed E-state index contributed by atoms with van der Waals surface area (Å²) in [5.74, 6) is 0. The van der Waals surface area contributed by atoms with Crippen LogP contribution in [0.4, 0.5) is 10.5 Å². The number of carbonyl (C=O) groups excluding carboxylic acids is 1. The maximum atomic E-state index is 12.7. The molecule has 26 heavy (non-hydrogen) atoms. The second kappa shape index (κ2) is 8.06. The van der Waals surface area contributed by atoms with E-state index < -0.39 is 0 Å².